The standard InChI is InChI=1S/C7H10ClN3O4S2/c1-15-6(12)4-5(8)11-7(16-4)10-2-3-17(9,13)14/h2-3H2,1H3,(H,10,11)(H2,9,13,14). The van der Waals surface area contributed by atoms with Gasteiger partial charge >= 0.3 is 5.97 Å². The van der Waals surface area contributed by atoms with E-state index in [0.29, 0.717) is 5.13 Å². The topological polar surface area (TPSA) is 111 Å². The van der Waals surface area contributed by atoms with Crippen LogP contribution in [0, 0.1) is 0 Å². The number of carbonyl (C=O) groups excluding carboxylic acids is 1. The van der Waals surface area contributed by atoms with Crippen molar-refractivity contribution >= 4 is 44.1 Å². The van der Waals surface area contributed by atoms with Crippen LogP contribution >= 0.6 is 22.9 Å². The molecule has 1 aromatic rings. The third-order valence-electron chi connectivity index (χ3n) is 1.62. The van der Waals surface area contributed by atoms with E-state index in [9.17, 15) is 13.2 Å². The number of halogens is 1. The van der Waals surface area contributed by atoms with Crippen LogP contribution in [-0.4, -0.2) is 38.8 Å². The maximum absolute atomic E-state index is 11.2. The number of esters is 1. The molecule has 0 fully saturated rings. The number of nitrogens with two attached hydrogens (primary N) is 1. The number of methoxy groups -OCH3 is 1. The Morgan fingerprint density at radius 2 is 2.29 bits per heavy atom. The third kappa shape index (κ3) is 4.46. The number of rotatable bonds is 5. The Hall–Kier alpha value is -0.900. The van der Waals surface area contributed by atoms with Crippen molar-refractivity contribution in [2.45, 2.75) is 0 Å². The highest BCUT2D eigenvalue weighted by molar-refractivity contribution is 7.89. The molecular formula is C7H10ClN3O4S2. The van der Waals surface area contributed by atoms with E-state index in [2.05, 4.69) is 15.0 Å². The maximum Gasteiger partial charge on any atom is 0.351 e. The molecule has 0 saturated carbocycles. The molecule has 3 N–H and O–H groups in total. The average Bonchev–Trinajstić information content (AvgIpc) is 2.57. The molecule has 1 rings (SSSR count). The van der Waals surface area contributed by atoms with Gasteiger partial charge in [0.1, 0.15) is 0 Å². The highest BCUT2D eigenvalue weighted by atomic mass is 35.5. The van der Waals surface area contributed by atoms with Crippen molar-refractivity contribution in [3.8, 4) is 0 Å². The van der Waals surface area contributed by atoms with Crippen molar-refractivity contribution in [2.75, 3.05) is 24.7 Å². The zero-order chi connectivity index (χ0) is 13.1. The minimum Gasteiger partial charge on any atom is -0.465 e. The van der Waals surface area contributed by atoms with Gasteiger partial charge in [-0.25, -0.2) is 23.3 Å². The number of nitrogens with one attached hydrogen (secondary N) is 1. The van der Waals surface area contributed by atoms with E-state index in [-0.39, 0.29) is 22.3 Å². The van der Waals surface area contributed by atoms with Gasteiger partial charge in [0.25, 0.3) is 0 Å². The van der Waals surface area contributed by atoms with Crippen LogP contribution in [0.5, 0.6) is 0 Å². The molecule has 0 amide bonds. The number of thiazole rings is 1. The first-order chi connectivity index (χ1) is 7.83. The molecule has 0 spiro atoms. The number of primary sulfonamides is 1. The van der Waals surface area contributed by atoms with Crippen LogP contribution < -0.4 is 10.5 Å². The molecule has 0 aromatic carbocycles. The van der Waals surface area contributed by atoms with Crippen LogP contribution in [0.4, 0.5) is 5.13 Å². The SMILES string of the molecule is COC(=O)c1sc(NCCS(N)(=O)=O)nc1Cl. The largest absolute Gasteiger partial charge is 0.465 e. The summed E-state index contributed by atoms with van der Waals surface area (Å²) >= 11 is 6.68. The summed E-state index contributed by atoms with van der Waals surface area (Å²) in [4.78, 5) is 15.2. The molecule has 0 radical (unpaired) electrons. The molecule has 0 atom stereocenters. The van der Waals surface area contributed by atoms with Crippen LogP contribution in [0.15, 0.2) is 0 Å². The maximum atomic E-state index is 11.2. The van der Waals surface area contributed by atoms with Crippen LogP contribution in [-0.2, 0) is 14.8 Å². The van der Waals surface area contributed by atoms with Crippen molar-refractivity contribution in [3.63, 3.8) is 0 Å². The van der Waals surface area contributed by atoms with Gasteiger partial charge < -0.3 is 10.1 Å². The fraction of sp³-hybridized carbons (Fsp3) is 0.429. The third-order valence-corrected chi connectivity index (χ3v) is 3.77. The Bertz CT molecular complexity index is 513. The Morgan fingerprint density at radius 3 is 2.82 bits per heavy atom. The second-order valence-corrected chi connectivity index (χ2v) is 6.02. The van der Waals surface area contributed by atoms with Gasteiger partial charge in [-0.3, -0.25) is 0 Å². The lowest BCUT2D eigenvalue weighted by atomic mass is 10.6. The molecule has 1 aromatic heterocycles. The highest BCUT2D eigenvalue weighted by Crippen LogP contribution is 2.27. The van der Waals surface area contributed by atoms with E-state index in [1.54, 1.807) is 0 Å². The van der Waals surface area contributed by atoms with Crippen LogP contribution in [0.2, 0.25) is 5.15 Å². The number of hydrogen-bond acceptors (Lipinski definition) is 7. The summed E-state index contributed by atoms with van der Waals surface area (Å²) in [5, 5.41) is 7.86. The number of nitrogens with zero attached hydrogens (tertiary/aromatic N) is 1. The molecular weight excluding hydrogens is 290 g/mol. The Kier molecular flexibility index (Phi) is 4.69. The fourth-order valence-corrected chi connectivity index (χ4v) is 2.41. The molecule has 0 bridgehead atoms. The molecule has 0 aliphatic carbocycles. The number of ether oxygens (including phenoxy) is 1. The molecule has 17 heavy (non-hydrogen) atoms. The predicted octanol–water partition coefficient (Wildman–Crippen LogP) is 0.284. The number of anilines is 1. The van der Waals surface area contributed by atoms with Crippen LogP contribution in [0.1, 0.15) is 9.67 Å². The lowest BCUT2D eigenvalue weighted by Crippen LogP contribution is -2.22. The second-order valence-electron chi connectivity index (χ2n) is 2.92. The van der Waals surface area contributed by atoms with E-state index in [4.69, 9.17) is 16.7 Å². The molecule has 96 valence electrons. The van der Waals surface area contributed by atoms with E-state index < -0.39 is 16.0 Å². The average molecular weight is 300 g/mol. The lowest BCUT2D eigenvalue weighted by molar-refractivity contribution is 0.0606. The van der Waals surface area contributed by atoms with E-state index in [1.807, 2.05) is 0 Å². The first-order valence-electron chi connectivity index (χ1n) is 4.32. The van der Waals surface area contributed by atoms with Gasteiger partial charge in [-0.05, 0) is 0 Å². The van der Waals surface area contributed by atoms with E-state index in [0.717, 1.165) is 11.3 Å². The van der Waals surface area contributed by atoms with Gasteiger partial charge in [-0.1, -0.05) is 22.9 Å². The molecule has 0 saturated heterocycles. The summed E-state index contributed by atoms with van der Waals surface area (Å²) in [6.07, 6.45) is 0. The first kappa shape index (κ1) is 14.2. The van der Waals surface area contributed by atoms with Crippen molar-refractivity contribution in [2.24, 2.45) is 5.14 Å². The van der Waals surface area contributed by atoms with Gasteiger partial charge in [-0.15, -0.1) is 0 Å². The molecule has 0 unspecified atom stereocenters. The lowest BCUT2D eigenvalue weighted by Gasteiger charge is -1.99. The summed E-state index contributed by atoms with van der Waals surface area (Å²) in [6, 6.07) is 0. The molecule has 7 nitrogen and oxygen atoms in total. The molecule has 10 heteroatoms. The zero-order valence-electron chi connectivity index (χ0n) is 8.77. The Labute approximate surface area is 107 Å². The fourth-order valence-electron chi connectivity index (χ4n) is 0.896. The van der Waals surface area contributed by atoms with Crippen molar-refractivity contribution in [1.82, 2.24) is 4.98 Å². The minimum atomic E-state index is -3.53. The van der Waals surface area contributed by atoms with Crippen LogP contribution in [0.3, 0.4) is 0 Å². The first-order valence-corrected chi connectivity index (χ1v) is 7.23. The summed E-state index contributed by atoms with van der Waals surface area (Å²) in [5.41, 5.74) is 0. The van der Waals surface area contributed by atoms with E-state index in [1.165, 1.54) is 7.11 Å². The van der Waals surface area contributed by atoms with Gasteiger partial charge in [-0.2, -0.15) is 0 Å². The van der Waals surface area contributed by atoms with Crippen LogP contribution in [0.25, 0.3) is 0 Å². The summed E-state index contributed by atoms with van der Waals surface area (Å²) in [6.45, 7) is 0.0866. The van der Waals surface area contributed by atoms with Gasteiger partial charge in [0.15, 0.2) is 15.2 Å². The van der Waals surface area contributed by atoms with Gasteiger partial charge in [0, 0.05) is 6.54 Å². The Balaban J connectivity index is 2.65. The van der Waals surface area contributed by atoms with Gasteiger partial charge in [0.2, 0.25) is 10.0 Å². The second kappa shape index (κ2) is 5.63. The normalized spacial score (nSPS) is 11.2. The monoisotopic (exact) mass is 299 g/mol. The smallest absolute Gasteiger partial charge is 0.351 e. The number of hydrogen-bond donors (Lipinski definition) is 2. The number of sulfonamides is 1. The van der Waals surface area contributed by atoms with Gasteiger partial charge in [0.05, 0.1) is 12.9 Å². The predicted molar refractivity (Wildman–Crippen MR) is 64.9 cm³/mol. The van der Waals surface area contributed by atoms with E-state index >= 15 is 0 Å². The highest BCUT2D eigenvalue weighted by Gasteiger charge is 2.17. The Morgan fingerprint density at radius 1 is 1.65 bits per heavy atom. The summed E-state index contributed by atoms with van der Waals surface area (Å²) < 4.78 is 25.8. The number of aromatic nitrogens is 1. The summed E-state index contributed by atoms with van der Waals surface area (Å²) in [5.74, 6) is -0.829. The zero-order valence-corrected chi connectivity index (χ0v) is 11.2. The molecule has 0 aliphatic heterocycles. The summed E-state index contributed by atoms with van der Waals surface area (Å²) in [7, 11) is -2.30. The molecule has 0 aliphatic rings. The quantitative estimate of drug-likeness (QED) is 0.756. The van der Waals surface area contributed by atoms with Crippen molar-refractivity contribution in [3.05, 3.63) is 10.0 Å². The number of carbonyl (C=O) groups is 1. The minimum absolute atomic E-state index is 0.0138. The van der Waals surface area contributed by atoms with Crippen molar-refractivity contribution in [1.29, 1.82) is 0 Å². The molecule has 1 heterocycles. The van der Waals surface area contributed by atoms with Crippen molar-refractivity contribution < 1.29 is 17.9 Å².